The third-order valence-corrected chi connectivity index (χ3v) is 4.35. The predicted octanol–water partition coefficient (Wildman–Crippen LogP) is 1.64. The highest BCUT2D eigenvalue weighted by Gasteiger charge is 2.16. The van der Waals surface area contributed by atoms with Crippen molar-refractivity contribution in [2.24, 2.45) is 5.92 Å². The molecule has 6 heteroatoms. The molecule has 1 saturated heterocycles. The molecule has 1 aromatic rings. The highest BCUT2D eigenvalue weighted by molar-refractivity contribution is 7.11. The van der Waals surface area contributed by atoms with Gasteiger partial charge in [-0.1, -0.05) is 0 Å². The summed E-state index contributed by atoms with van der Waals surface area (Å²) in [6.45, 7) is 6.95. The van der Waals surface area contributed by atoms with E-state index >= 15 is 0 Å². The number of hydrogen-bond donors (Lipinski definition) is 2. The van der Waals surface area contributed by atoms with Crippen molar-refractivity contribution in [3.8, 4) is 0 Å². The number of carbonyl (C=O) groups excluding carboxylic acids is 1. The summed E-state index contributed by atoms with van der Waals surface area (Å²) in [6, 6.07) is -0.0919. The molecule has 0 aliphatic carbocycles. The molecule has 1 aromatic heterocycles. The number of hydrogen-bond acceptors (Lipinski definition) is 4. The van der Waals surface area contributed by atoms with E-state index in [1.54, 1.807) is 11.3 Å². The number of nitrogens with zero attached hydrogens (tertiary/aromatic N) is 1. The third-order valence-electron chi connectivity index (χ3n) is 3.21. The van der Waals surface area contributed by atoms with Crippen LogP contribution in [0.1, 0.15) is 22.0 Å². The van der Waals surface area contributed by atoms with Gasteiger partial charge in [0.15, 0.2) is 0 Å². The summed E-state index contributed by atoms with van der Waals surface area (Å²) in [5.41, 5.74) is 1.08. The predicted molar refractivity (Wildman–Crippen MR) is 75.6 cm³/mol. The molecule has 0 spiro atoms. The zero-order valence-corrected chi connectivity index (χ0v) is 12.3. The number of ether oxygens (including phenoxy) is 1. The average Bonchev–Trinajstić information content (AvgIpc) is 2.97. The van der Waals surface area contributed by atoms with Crippen LogP contribution in [0.2, 0.25) is 0 Å². The highest BCUT2D eigenvalue weighted by atomic mass is 32.1. The van der Waals surface area contributed by atoms with Crippen LogP contribution >= 0.6 is 11.3 Å². The summed E-state index contributed by atoms with van der Waals surface area (Å²) in [6.07, 6.45) is 1.89. The van der Waals surface area contributed by atoms with Gasteiger partial charge in [0.05, 0.1) is 17.3 Å². The van der Waals surface area contributed by atoms with Crippen molar-refractivity contribution >= 4 is 17.4 Å². The molecule has 1 atom stereocenters. The van der Waals surface area contributed by atoms with Gasteiger partial charge in [0.2, 0.25) is 0 Å². The van der Waals surface area contributed by atoms with Gasteiger partial charge in [0.25, 0.3) is 0 Å². The van der Waals surface area contributed by atoms with E-state index in [1.165, 1.54) is 4.88 Å². The minimum atomic E-state index is -0.0919. The van der Waals surface area contributed by atoms with Crippen LogP contribution in [0.25, 0.3) is 0 Å². The lowest BCUT2D eigenvalue weighted by Gasteiger charge is -2.10. The van der Waals surface area contributed by atoms with Gasteiger partial charge >= 0.3 is 6.03 Å². The smallest absolute Gasteiger partial charge is 0.314 e. The van der Waals surface area contributed by atoms with Crippen molar-refractivity contribution in [1.82, 2.24) is 15.6 Å². The first-order valence-electron chi connectivity index (χ1n) is 6.67. The molecule has 1 aliphatic rings. The van der Waals surface area contributed by atoms with E-state index in [9.17, 15) is 4.79 Å². The molecule has 0 unspecified atom stereocenters. The number of nitrogens with one attached hydrogen (secondary N) is 2. The Hall–Kier alpha value is -1.14. The molecule has 1 fully saturated rings. The fourth-order valence-electron chi connectivity index (χ4n) is 2.14. The number of urea groups is 1. The lowest BCUT2D eigenvalue weighted by molar-refractivity contribution is 0.185. The second kappa shape index (κ2) is 6.86. The van der Waals surface area contributed by atoms with Gasteiger partial charge in [-0.05, 0) is 20.3 Å². The van der Waals surface area contributed by atoms with Crippen molar-refractivity contribution < 1.29 is 9.53 Å². The molecular weight excluding hydrogens is 262 g/mol. The monoisotopic (exact) mass is 283 g/mol. The van der Waals surface area contributed by atoms with Crippen LogP contribution in [0.4, 0.5) is 4.79 Å². The minimum absolute atomic E-state index is 0.0919. The van der Waals surface area contributed by atoms with E-state index in [-0.39, 0.29) is 6.03 Å². The maximum Gasteiger partial charge on any atom is 0.314 e. The number of carbonyl (C=O) groups is 1. The second-order valence-corrected chi connectivity index (χ2v) is 6.15. The zero-order chi connectivity index (χ0) is 13.7. The molecule has 0 bridgehead atoms. The van der Waals surface area contributed by atoms with Crippen LogP contribution in [-0.2, 0) is 11.2 Å². The molecular formula is C13H21N3O2S. The van der Waals surface area contributed by atoms with Crippen molar-refractivity contribution in [3.05, 3.63) is 15.6 Å². The maximum absolute atomic E-state index is 11.6. The first-order valence-corrected chi connectivity index (χ1v) is 7.49. The van der Waals surface area contributed by atoms with Crippen LogP contribution in [0, 0.1) is 19.8 Å². The summed E-state index contributed by atoms with van der Waals surface area (Å²) < 4.78 is 5.27. The van der Waals surface area contributed by atoms with Crippen LogP contribution in [-0.4, -0.2) is 37.3 Å². The lowest BCUT2D eigenvalue weighted by Crippen LogP contribution is -2.39. The van der Waals surface area contributed by atoms with E-state index in [0.717, 1.165) is 36.8 Å². The molecule has 2 heterocycles. The lowest BCUT2D eigenvalue weighted by atomic mass is 10.1. The standard InChI is InChI=1S/C13H21N3O2S/c1-9-12(19-10(2)16-9)3-5-14-13(17)15-7-11-4-6-18-8-11/h11H,3-8H2,1-2H3,(H2,14,15,17)/t11-/m1/s1. The minimum Gasteiger partial charge on any atom is -0.381 e. The van der Waals surface area contributed by atoms with E-state index in [1.807, 2.05) is 13.8 Å². The molecule has 0 radical (unpaired) electrons. The van der Waals surface area contributed by atoms with Crippen molar-refractivity contribution in [3.63, 3.8) is 0 Å². The first-order chi connectivity index (χ1) is 9.15. The van der Waals surface area contributed by atoms with Gasteiger partial charge in [0, 0.05) is 36.9 Å². The van der Waals surface area contributed by atoms with Crippen molar-refractivity contribution in [2.45, 2.75) is 26.7 Å². The summed E-state index contributed by atoms with van der Waals surface area (Å²) in [4.78, 5) is 17.2. The third kappa shape index (κ3) is 4.47. The van der Waals surface area contributed by atoms with Crippen LogP contribution in [0.5, 0.6) is 0 Å². The van der Waals surface area contributed by atoms with Gasteiger partial charge in [-0.3, -0.25) is 0 Å². The molecule has 0 aromatic carbocycles. The van der Waals surface area contributed by atoms with Gasteiger partial charge in [-0.2, -0.15) is 0 Å². The Morgan fingerprint density at radius 3 is 2.95 bits per heavy atom. The quantitative estimate of drug-likeness (QED) is 0.863. The Morgan fingerprint density at radius 2 is 2.32 bits per heavy atom. The molecule has 2 amide bonds. The topological polar surface area (TPSA) is 63.2 Å². The van der Waals surface area contributed by atoms with Gasteiger partial charge in [-0.15, -0.1) is 11.3 Å². The Kier molecular flexibility index (Phi) is 5.15. The van der Waals surface area contributed by atoms with Crippen LogP contribution < -0.4 is 10.6 Å². The number of aryl methyl sites for hydroxylation is 2. The largest absolute Gasteiger partial charge is 0.381 e. The Morgan fingerprint density at radius 1 is 1.47 bits per heavy atom. The molecule has 106 valence electrons. The highest BCUT2D eigenvalue weighted by Crippen LogP contribution is 2.17. The number of aromatic nitrogens is 1. The average molecular weight is 283 g/mol. The van der Waals surface area contributed by atoms with Gasteiger partial charge in [0.1, 0.15) is 0 Å². The fourth-order valence-corrected chi connectivity index (χ4v) is 3.08. The van der Waals surface area contributed by atoms with Crippen molar-refractivity contribution in [1.29, 1.82) is 0 Å². The van der Waals surface area contributed by atoms with E-state index in [0.29, 0.717) is 19.0 Å². The van der Waals surface area contributed by atoms with Gasteiger partial charge in [-0.25, -0.2) is 9.78 Å². The van der Waals surface area contributed by atoms with Crippen LogP contribution in [0.3, 0.4) is 0 Å². The summed E-state index contributed by atoms with van der Waals surface area (Å²) in [5.74, 6) is 0.470. The fraction of sp³-hybridized carbons (Fsp3) is 0.692. The summed E-state index contributed by atoms with van der Waals surface area (Å²) in [5, 5.41) is 6.85. The van der Waals surface area contributed by atoms with Gasteiger partial charge < -0.3 is 15.4 Å². The normalized spacial score (nSPS) is 18.5. The SMILES string of the molecule is Cc1nc(C)c(CCNC(=O)NC[C@H]2CCOC2)s1. The number of rotatable bonds is 5. The molecule has 5 nitrogen and oxygen atoms in total. The number of thiazole rings is 1. The van der Waals surface area contributed by atoms with E-state index in [4.69, 9.17) is 4.74 Å². The maximum atomic E-state index is 11.6. The molecule has 19 heavy (non-hydrogen) atoms. The molecule has 0 saturated carbocycles. The zero-order valence-electron chi connectivity index (χ0n) is 11.5. The molecule has 1 aliphatic heterocycles. The second-order valence-electron chi connectivity index (χ2n) is 4.86. The Labute approximate surface area is 117 Å². The summed E-state index contributed by atoms with van der Waals surface area (Å²) >= 11 is 1.70. The molecule has 2 rings (SSSR count). The Balaban J connectivity index is 1.62. The molecule has 2 N–H and O–H groups in total. The number of amides is 2. The Bertz CT molecular complexity index is 428. The van der Waals surface area contributed by atoms with E-state index < -0.39 is 0 Å². The van der Waals surface area contributed by atoms with E-state index in [2.05, 4.69) is 15.6 Å². The van der Waals surface area contributed by atoms with Crippen molar-refractivity contribution in [2.75, 3.05) is 26.3 Å². The summed E-state index contributed by atoms with van der Waals surface area (Å²) in [7, 11) is 0. The first kappa shape index (κ1) is 14.3. The van der Waals surface area contributed by atoms with Crippen LogP contribution in [0.15, 0.2) is 0 Å².